The molecule has 0 aliphatic heterocycles. The van der Waals surface area contributed by atoms with Gasteiger partial charge in [-0.1, -0.05) is 6.92 Å². The smallest absolute Gasteiger partial charge is 0.283 e. The van der Waals surface area contributed by atoms with E-state index in [9.17, 15) is 4.79 Å². The number of halogens is 1. The van der Waals surface area contributed by atoms with E-state index < -0.39 is 0 Å². The van der Waals surface area contributed by atoms with Crippen molar-refractivity contribution in [3.8, 4) is 0 Å². The van der Waals surface area contributed by atoms with Crippen molar-refractivity contribution >= 4 is 21.6 Å². The summed E-state index contributed by atoms with van der Waals surface area (Å²) in [7, 11) is 0. The summed E-state index contributed by atoms with van der Waals surface area (Å²) in [4.78, 5) is 16.1. The molecule has 0 amide bonds. The van der Waals surface area contributed by atoms with Crippen molar-refractivity contribution in [1.82, 2.24) is 14.8 Å². The number of aryl methyl sites for hydroxylation is 1. The molecule has 0 spiro atoms. The van der Waals surface area contributed by atoms with Gasteiger partial charge in [0.15, 0.2) is 0 Å². The predicted octanol–water partition coefficient (Wildman–Crippen LogP) is 2.98. The van der Waals surface area contributed by atoms with Crippen molar-refractivity contribution in [2.24, 2.45) is 0 Å². The van der Waals surface area contributed by atoms with Gasteiger partial charge in [-0.3, -0.25) is 9.78 Å². The van der Waals surface area contributed by atoms with Crippen molar-refractivity contribution in [2.75, 3.05) is 5.32 Å². The molecule has 6 heteroatoms. The molecule has 2 heterocycles. The van der Waals surface area contributed by atoms with Crippen LogP contribution in [0.2, 0.25) is 0 Å². The average molecular weight is 337 g/mol. The number of pyridine rings is 1. The maximum atomic E-state index is 12.1. The van der Waals surface area contributed by atoms with Gasteiger partial charge < -0.3 is 5.32 Å². The van der Waals surface area contributed by atoms with Gasteiger partial charge in [0.1, 0.15) is 4.47 Å². The highest BCUT2D eigenvalue weighted by Crippen LogP contribution is 2.22. The SMILES string of the molecule is CCCn1ncc(NC(C)c2ccncc2)c(Br)c1=O. The summed E-state index contributed by atoms with van der Waals surface area (Å²) in [6, 6.07) is 3.95. The van der Waals surface area contributed by atoms with E-state index in [1.165, 1.54) is 4.68 Å². The first kappa shape index (κ1) is 14.7. The molecule has 1 atom stereocenters. The fourth-order valence-electron chi connectivity index (χ4n) is 1.91. The molecule has 20 heavy (non-hydrogen) atoms. The third-order valence-corrected chi connectivity index (χ3v) is 3.76. The summed E-state index contributed by atoms with van der Waals surface area (Å²) in [6.07, 6.45) is 6.05. The Bertz CT molecular complexity index is 627. The molecule has 0 saturated heterocycles. The lowest BCUT2D eigenvalue weighted by atomic mass is 10.1. The first-order valence-corrected chi connectivity index (χ1v) is 7.35. The normalized spacial score (nSPS) is 12.2. The van der Waals surface area contributed by atoms with Crippen LogP contribution >= 0.6 is 15.9 Å². The van der Waals surface area contributed by atoms with Gasteiger partial charge in [0.05, 0.1) is 11.9 Å². The van der Waals surface area contributed by atoms with E-state index in [4.69, 9.17) is 0 Å². The lowest BCUT2D eigenvalue weighted by Gasteiger charge is -2.16. The van der Waals surface area contributed by atoms with Crippen LogP contribution in [0.15, 0.2) is 40.0 Å². The second kappa shape index (κ2) is 6.65. The van der Waals surface area contributed by atoms with Gasteiger partial charge in [-0.2, -0.15) is 5.10 Å². The molecule has 1 unspecified atom stereocenters. The average Bonchev–Trinajstić information content (AvgIpc) is 2.48. The van der Waals surface area contributed by atoms with Crippen LogP contribution in [0.5, 0.6) is 0 Å². The van der Waals surface area contributed by atoms with Gasteiger partial charge >= 0.3 is 0 Å². The highest BCUT2D eigenvalue weighted by Gasteiger charge is 2.11. The molecule has 2 aromatic rings. The Labute approximate surface area is 126 Å². The summed E-state index contributed by atoms with van der Waals surface area (Å²) in [6.45, 7) is 4.66. The van der Waals surface area contributed by atoms with Gasteiger partial charge in [0.2, 0.25) is 0 Å². The molecule has 0 aliphatic rings. The minimum atomic E-state index is -0.112. The van der Waals surface area contributed by atoms with Crippen LogP contribution in [0.1, 0.15) is 31.9 Å². The quantitative estimate of drug-likeness (QED) is 0.911. The van der Waals surface area contributed by atoms with Crippen LogP contribution in [0.25, 0.3) is 0 Å². The second-order valence-electron chi connectivity index (χ2n) is 4.55. The molecular formula is C14H17BrN4O. The van der Waals surface area contributed by atoms with Crippen molar-refractivity contribution in [2.45, 2.75) is 32.9 Å². The van der Waals surface area contributed by atoms with Crippen LogP contribution < -0.4 is 10.9 Å². The Kier molecular flexibility index (Phi) is 4.89. The number of nitrogens with one attached hydrogen (secondary N) is 1. The van der Waals surface area contributed by atoms with E-state index in [0.717, 1.165) is 12.0 Å². The number of anilines is 1. The molecule has 5 nitrogen and oxygen atoms in total. The van der Waals surface area contributed by atoms with Crippen LogP contribution in [0.3, 0.4) is 0 Å². The Balaban J connectivity index is 2.22. The zero-order valence-corrected chi connectivity index (χ0v) is 13.1. The van der Waals surface area contributed by atoms with E-state index in [2.05, 4.69) is 31.3 Å². The number of aromatic nitrogens is 3. The Morgan fingerprint density at radius 3 is 2.75 bits per heavy atom. The molecule has 0 aromatic carbocycles. The van der Waals surface area contributed by atoms with Crippen LogP contribution in [0.4, 0.5) is 5.69 Å². The van der Waals surface area contributed by atoms with Crippen LogP contribution in [-0.4, -0.2) is 14.8 Å². The first-order chi connectivity index (χ1) is 9.63. The zero-order chi connectivity index (χ0) is 14.5. The van der Waals surface area contributed by atoms with Gasteiger partial charge in [-0.25, -0.2) is 4.68 Å². The molecule has 0 bridgehead atoms. The first-order valence-electron chi connectivity index (χ1n) is 6.55. The molecule has 2 rings (SSSR count). The van der Waals surface area contributed by atoms with Gasteiger partial charge in [0.25, 0.3) is 5.56 Å². The van der Waals surface area contributed by atoms with E-state index >= 15 is 0 Å². The van der Waals surface area contributed by atoms with Crippen molar-refractivity contribution in [3.63, 3.8) is 0 Å². The van der Waals surface area contributed by atoms with Crippen molar-refractivity contribution in [3.05, 3.63) is 51.1 Å². The molecule has 0 aliphatic carbocycles. The molecular weight excluding hydrogens is 320 g/mol. The highest BCUT2D eigenvalue weighted by atomic mass is 79.9. The van der Waals surface area contributed by atoms with Crippen LogP contribution in [0, 0.1) is 0 Å². The minimum absolute atomic E-state index is 0.0672. The van der Waals surface area contributed by atoms with E-state index in [1.807, 2.05) is 26.0 Å². The highest BCUT2D eigenvalue weighted by molar-refractivity contribution is 9.10. The number of rotatable bonds is 5. The monoisotopic (exact) mass is 336 g/mol. The molecule has 0 saturated carbocycles. The second-order valence-corrected chi connectivity index (χ2v) is 5.34. The number of hydrogen-bond acceptors (Lipinski definition) is 4. The molecule has 2 aromatic heterocycles. The van der Waals surface area contributed by atoms with E-state index in [-0.39, 0.29) is 11.6 Å². The minimum Gasteiger partial charge on any atom is -0.376 e. The van der Waals surface area contributed by atoms with Crippen LogP contribution in [-0.2, 0) is 6.54 Å². The summed E-state index contributed by atoms with van der Waals surface area (Å²) in [5.41, 5.74) is 1.69. The van der Waals surface area contributed by atoms with Crippen molar-refractivity contribution in [1.29, 1.82) is 0 Å². The number of nitrogens with zero attached hydrogens (tertiary/aromatic N) is 3. The van der Waals surface area contributed by atoms with Crippen molar-refractivity contribution < 1.29 is 0 Å². The fourth-order valence-corrected chi connectivity index (χ4v) is 2.33. The Morgan fingerprint density at radius 1 is 1.40 bits per heavy atom. The predicted molar refractivity (Wildman–Crippen MR) is 82.8 cm³/mol. The third kappa shape index (κ3) is 3.25. The summed E-state index contributed by atoms with van der Waals surface area (Å²) in [5.74, 6) is 0. The standard InChI is InChI=1S/C14H17BrN4O/c1-3-8-19-14(20)13(15)12(9-17-19)18-10(2)11-4-6-16-7-5-11/h4-7,9-10,18H,3,8H2,1-2H3. The maximum Gasteiger partial charge on any atom is 0.283 e. The Hall–Kier alpha value is -1.69. The van der Waals surface area contributed by atoms with E-state index in [1.54, 1.807) is 18.6 Å². The van der Waals surface area contributed by atoms with Gasteiger partial charge in [-0.05, 0) is 47.0 Å². The molecule has 0 fully saturated rings. The summed E-state index contributed by atoms with van der Waals surface area (Å²) in [5, 5.41) is 7.46. The maximum absolute atomic E-state index is 12.1. The topological polar surface area (TPSA) is 59.8 Å². The third-order valence-electron chi connectivity index (χ3n) is 3.00. The Morgan fingerprint density at radius 2 is 2.10 bits per heavy atom. The number of hydrogen-bond donors (Lipinski definition) is 1. The molecule has 106 valence electrons. The van der Waals surface area contributed by atoms with Gasteiger partial charge in [-0.15, -0.1) is 0 Å². The van der Waals surface area contributed by atoms with Gasteiger partial charge in [0, 0.05) is 25.0 Å². The molecule has 1 N–H and O–H groups in total. The summed E-state index contributed by atoms with van der Waals surface area (Å²) >= 11 is 3.35. The lowest BCUT2D eigenvalue weighted by molar-refractivity contribution is 0.565. The largest absolute Gasteiger partial charge is 0.376 e. The molecule has 0 radical (unpaired) electrons. The van der Waals surface area contributed by atoms with E-state index in [0.29, 0.717) is 16.7 Å². The lowest BCUT2D eigenvalue weighted by Crippen LogP contribution is -2.24. The summed E-state index contributed by atoms with van der Waals surface area (Å²) < 4.78 is 1.98. The zero-order valence-electron chi connectivity index (χ0n) is 11.5. The fraction of sp³-hybridized carbons (Fsp3) is 0.357.